The van der Waals surface area contributed by atoms with Gasteiger partial charge in [0.15, 0.2) is 0 Å². The lowest BCUT2D eigenvalue weighted by atomic mass is 10.3. The summed E-state index contributed by atoms with van der Waals surface area (Å²) in [7, 11) is 0. The minimum absolute atomic E-state index is 0.0293. The van der Waals surface area contributed by atoms with Crippen molar-refractivity contribution in [1.82, 2.24) is 4.74 Å². The van der Waals surface area contributed by atoms with Crippen LogP contribution in [-0.4, -0.2) is 9.66 Å². The first-order valence-corrected chi connectivity index (χ1v) is 4.10. The van der Waals surface area contributed by atoms with Gasteiger partial charge < -0.3 is 4.52 Å². The van der Waals surface area contributed by atoms with Crippen LogP contribution < -0.4 is 5.56 Å². The van der Waals surface area contributed by atoms with Crippen molar-refractivity contribution in [1.29, 1.82) is 0 Å². The molecule has 0 atom stereocenters. The SMILES string of the molecule is O=c1ccon1-c1ccc([N+](=O)[O-])cc1. The van der Waals surface area contributed by atoms with E-state index in [-0.39, 0.29) is 11.2 Å². The Kier molecular flexibility index (Phi) is 2.09. The molecule has 0 unspecified atom stereocenters. The number of nitro groups is 1. The maximum atomic E-state index is 11.2. The third-order valence-electron chi connectivity index (χ3n) is 1.87. The van der Waals surface area contributed by atoms with Gasteiger partial charge in [-0.05, 0) is 12.1 Å². The Morgan fingerprint density at radius 2 is 1.87 bits per heavy atom. The number of nitrogens with zero attached hydrogens (tertiary/aromatic N) is 2. The number of non-ortho nitro benzene ring substituents is 1. The van der Waals surface area contributed by atoms with E-state index in [2.05, 4.69) is 0 Å². The maximum Gasteiger partial charge on any atom is 0.287 e. The molecule has 6 heteroatoms. The molecule has 6 nitrogen and oxygen atoms in total. The van der Waals surface area contributed by atoms with Gasteiger partial charge >= 0.3 is 0 Å². The van der Waals surface area contributed by atoms with E-state index in [1.807, 2.05) is 0 Å². The molecule has 1 aromatic heterocycles. The molecule has 0 aliphatic rings. The summed E-state index contributed by atoms with van der Waals surface area (Å²) in [4.78, 5) is 21.0. The molecule has 76 valence electrons. The van der Waals surface area contributed by atoms with Gasteiger partial charge in [0.2, 0.25) is 0 Å². The van der Waals surface area contributed by atoms with E-state index >= 15 is 0 Å². The van der Waals surface area contributed by atoms with E-state index in [1.54, 1.807) is 0 Å². The third kappa shape index (κ3) is 1.64. The zero-order chi connectivity index (χ0) is 10.8. The van der Waals surface area contributed by atoms with Gasteiger partial charge in [-0.15, -0.1) is 4.74 Å². The molecule has 2 rings (SSSR count). The average Bonchev–Trinajstić information content (AvgIpc) is 2.65. The van der Waals surface area contributed by atoms with Gasteiger partial charge in [-0.25, -0.2) is 0 Å². The molecule has 0 spiro atoms. The maximum absolute atomic E-state index is 11.2. The lowest BCUT2D eigenvalue weighted by Crippen LogP contribution is -2.10. The lowest BCUT2D eigenvalue weighted by molar-refractivity contribution is -0.384. The largest absolute Gasteiger partial charge is 0.379 e. The van der Waals surface area contributed by atoms with Crippen molar-refractivity contribution in [2.75, 3.05) is 0 Å². The Hall–Kier alpha value is -2.37. The Labute approximate surface area is 83.5 Å². The monoisotopic (exact) mass is 206 g/mol. The van der Waals surface area contributed by atoms with Crippen LogP contribution in [0, 0.1) is 10.1 Å². The topological polar surface area (TPSA) is 78.3 Å². The van der Waals surface area contributed by atoms with E-state index in [0.29, 0.717) is 5.69 Å². The summed E-state index contributed by atoms with van der Waals surface area (Å²) in [5, 5.41) is 10.4. The summed E-state index contributed by atoms with van der Waals surface area (Å²) in [6.07, 6.45) is 1.25. The van der Waals surface area contributed by atoms with Crippen LogP contribution in [0.3, 0.4) is 0 Å². The molecule has 0 aliphatic heterocycles. The van der Waals surface area contributed by atoms with Gasteiger partial charge in [0, 0.05) is 18.2 Å². The fourth-order valence-electron chi connectivity index (χ4n) is 1.17. The average molecular weight is 206 g/mol. The highest BCUT2D eigenvalue weighted by atomic mass is 16.6. The van der Waals surface area contributed by atoms with E-state index in [1.165, 1.54) is 36.6 Å². The number of hydrogen-bond acceptors (Lipinski definition) is 4. The highest BCUT2D eigenvalue weighted by Gasteiger charge is 2.06. The van der Waals surface area contributed by atoms with Crippen molar-refractivity contribution in [2.24, 2.45) is 0 Å². The van der Waals surface area contributed by atoms with Crippen molar-refractivity contribution in [3.05, 3.63) is 57.1 Å². The molecule has 0 aliphatic carbocycles. The first-order chi connectivity index (χ1) is 7.18. The number of nitro benzene ring substituents is 1. The highest BCUT2D eigenvalue weighted by molar-refractivity contribution is 5.39. The predicted molar refractivity (Wildman–Crippen MR) is 51.0 cm³/mol. The summed E-state index contributed by atoms with van der Waals surface area (Å²) < 4.78 is 5.93. The molecule has 0 bridgehead atoms. The molecule has 1 heterocycles. The summed E-state index contributed by atoms with van der Waals surface area (Å²) in [5.41, 5.74) is 0.109. The van der Waals surface area contributed by atoms with Crippen LogP contribution >= 0.6 is 0 Å². The first kappa shape index (κ1) is 9.20. The molecule has 2 aromatic rings. The van der Waals surface area contributed by atoms with Crippen LogP contribution in [0.1, 0.15) is 0 Å². The van der Waals surface area contributed by atoms with Crippen LogP contribution in [0.25, 0.3) is 5.69 Å². The van der Waals surface area contributed by atoms with Crippen LogP contribution in [0.2, 0.25) is 0 Å². The Bertz CT molecular complexity index is 538. The standard InChI is InChI=1S/C9H6N2O4/c12-9-5-6-15-10(9)7-1-3-8(4-2-7)11(13)14/h1-6H. The molecule has 15 heavy (non-hydrogen) atoms. The summed E-state index contributed by atoms with van der Waals surface area (Å²) in [6.45, 7) is 0. The zero-order valence-corrected chi connectivity index (χ0v) is 7.49. The molecule has 0 N–H and O–H groups in total. The van der Waals surface area contributed by atoms with Crippen molar-refractivity contribution in [3.8, 4) is 5.69 Å². The van der Waals surface area contributed by atoms with Crippen molar-refractivity contribution in [3.63, 3.8) is 0 Å². The van der Waals surface area contributed by atoms with Gasteiger partial charge in [0.05, 0.1) is 10.6 Å². The predicted octanol–water partition coefficient (Wildman–Crippen LogP) is 1.34. The van der Waals surface area contributed by atoms with Gasteiger partial charge in [0.1, 0.15) is 6.26 Å². The molecule has 0 fully saturated rings. The fraction of sp³-hybridized carbons (Fsp3) is 0. The fourth-order valence-corrected chi connectivity index (χ4v) is 1.17. The molecule has 0 saturated heterocycles. The van der Waals surface area contributed by atoms with Crippen LogP contribution in [-0.2, 0) is 0 Å². The second-order valence-corrected chi connectivity index (χ2v) is 2.81. The molecule has 0 amide bonds. The smallest absolute Gasteiger partial charge is 0.287 e. The second-order valence-electron chi connectivity index (χ2n) is 2.81. The van der Waals surface area contributed by atoms with Crippen LogP contribution in [0.15, 0.2) is 45.9 Å². The van der Waals surface area contributed by atoms with Gasteiger partial charge in [-0.2, -0.15) is 0 Å². The molecule has 0 radical (unpaired) electrons. The van der Waals surface area contributed by atoms with Crippen LogP contribution in [0.4, 0.5) is 5.69 Å². The quantitative estimate of drug-likeness (QED) is 0.548. The van der Waals surface area contributed by atoms with Crippen molar-refractivity contribution < 1.29 is 9.45 Å². The highest BCUT2D eigenvalue weighted by Crippen LogP contribution is 2.13. The number of benzene rings is 1. The zero-order valence-electron chi connectivity index (χ0n) is 7.49. The minimum Gasteiger partial charge on any atom is -0.379 e. The number of aromatic nitrogens is 1. The Morgan fingerprint density at radius 1 is 1.20 bits per heavy atom. The molecular formula is C9H6N2O4. The summed E-state index contributed by atoms with van der Waals surface area (Å²) >= 11 is 0. The van der Waals surface area contributed by atoms with E-state index in [0.717, 1.165) is 4.74 Å². The van der Waals surface area contributed by atoms with Crippen LogP contribution in [0.5, 0.6) is 0 Å². The Balaban J connectivity index is 2.44. The number of rotatable bonds is 2. The van der Waals surface area contributed by atoms with E-state index in [9.17, 15) is 14.9 Å². The molecule has 0 saturated carbocycles. The third-order valence-corrected chi connectivity index (χ3v) is 1.87. The Morgan fingerprint density at radius 3 is 2.33 bits per heavy atom. The van der Waals surface area contributed by atoms with Gasteiger partial charge in [-0.1, -0.05) is 0 Å². The molecular weight excluding hydrogens is 200 g/mol. The minimum atomic E-state index is -0.505. The van der Waals surface area contributed by atoms with E-state index < -0.39 is 4.92 Å². The van der Waals surface area contributed by atoms with Crippen molar-refractivity contribution >= 4 is 5.69 Å². The first-order valence-electron chi connectivity index (χ1n) is 4.10. The van der Waals surface area contributed by atoms with Crippen molar-refractivity contribution in [2.45, 2.75) is 0 Å². The summed E-state index contributed by atoms with van der Waals surface area (Å²) in [5.74, 6) is 0. The number of hydrogen-bond donors (Lipinski definition) is 0. The van der Waals surface area contributed by atoms with Gasteiger partial charge in [-0.3, -0.25) is 14.9 Å². The van der Waals surface area contributed by atoms with E-state index in [4.69, 9.17) is 4.52 Å². The van der Waals surface area contributed by atoms with Gasteiger partial charge in [0.25, 0.3) is 11.2 Å². The molecule has 1 aromatic carbocycles. The lowest BCUT2D eigenvalue weighted by Gasteiger charge is -1.97. The summed E-state index contributed by atoms with van der Waals surface area (Å²) in [6, 6.07) is 6.78. The normalized spacial score (nSPS) is 10.1. The second kappa shape index (κ2) is 3.41.